The van der Waals surface area contributed by atoms with E-state index in [-0.39, 0.29) is 18.8 Å². The maximum Gasteiger partial charge on any atom is 0.0610 e. The van der Waals surface area contributed by atoms with Crippen LogP contribution in [0.4, 0.5) is 0 Å². The van der Waals surface area contributed by atoms with E-state index in [0.29, 0.717) is 29.8 Å². The summed E-state index contributed by atoms with van der Waals surface area (Å²) in [6.07, 6.45) is 11.0. The minimum Gasteiger partial charge on any atom is -0.395 e. The van der Waals surface area contributed by atoms with E-state index in [0.717, 1.165) is 45.6 Å². The number of hydrogen-bond donors (Lipinski definition) is 5. The van der Waals surface area contributed by atoms with Gasteiger partial charge in [0.05, 0.1) is 18.9 Å². The van der Waals surface area contributed by atoms with Crippen LogP contribution in [0.3, 0.4) is 0 Å². The zero-order chi connectivity index (χ0) is 27.5. The molecule has 6 N–H and O–H groups in total. The Kier molecular flexibility index (Phi) is 21.1. The fraction of sp³-hybridized carbons (Fsp3) is 0.933. The number of aliphatic hydroxyl groups is 2. The third-order valence-corrected chi connectivity index (χ3v) is 7.28. The Hall–Kier alpha value is -0.500. The molecule has 0 spiro atoms. The number of fused-ring (bicyclic) bond motifs is 1. The molecule has 1 aliphatic carbocycles. The molecule has 0 bridgehead atoms. The third kappa shape index (κ3) is 11.9. The van der Waals surface area contributed by atoms with E-state index in [1.807, 2.05) is 34.6 Å². The highest BCUT2D eigenvalue weighted by atomic mass is 16.3. The van der Waals surface area contributed by atoms with E-state index in [4.69, 9.17) is 5.73 Å². The van der Waals surface area contributed by atoms with E-state index in [9.17, 15) is 10.2 Å². The van der Waals surface area contributed by atoms with Gasteiger partial charge in [-0.05, 0) is 55.9 Å². The maximum absolute atomic E-state index is 10.4. The summed E-state index contributed by atoms with van der Waals surface area (Å²) in [6, 6.07) is 0.256. The van der Waals surface area contributed by atoms with Gasteiger partial charge in [0.15, 0.2) is 0 Å². The normalized spacial score (nSPS) is 33.5. The fourth-order valence-corrected chi connectivity index (χ4v) is 5.93. The highest BCUT2D eigenvalue weighted by Crippen LogP contribution is 2.37. The maximum atomic E-state index is 10.4. The highest BCUT2D eigenvalue weighted by Gasteiger charge is 2.42. The van der Waals surface area contributed by atoms with E-state index in [2.05, 4.69) is 42.4 Å². The molecule has 4 aliphatic rings. The summed E-state index contributed by atoms with van der Waals surface area (Å²) >= 11 is 0. The van der Waals surface area contributed by atoms with Crippen molar-refractivity contribution < 1.29 is 10.2 Å². The number of piperidine rings is 1. The molecule has 6 heteroatoms. The standard InChI is InChI=1S/C21H37N3O2.C3H8.C2H7N.2C2H6/c1-14-8-16(12-24(10-14)11-15-4-2-3-5-20(15)26)19-9-22-21-18(19)7-6-17(13-25)23-21;1-3-2;1-2-3;2*1-2/h8,14-15,17-23,25-26H,2-7,9-13H2,1H3;3H2,1-2H3;2-3H2,1H3;2*1-2H3/t14-,15?,17?,18?,19?,20?,21?;;;;/m1..../s1. The molecule has 7 atom stereocenters. The van der Waals surface area contributed by atoms with Crippen LogP contribution in [0.2, 0.25) is 0 Å². The van der Waals surface area contributed by atoms with Gasteiger partial charge in [-0.2, -0.15) is 0 Å². The molecule has 3 fully saturated rings. The van der Waals surface area contributed by atoms with Crippen LogP contribution in [0.25, 0.3) is 0 Å². The first kappa shape index (κ1) is 35.5. The first-order chi connectivity index (χ1) is 17.5. The quantitative estimate of drug-likeness (QED) is 0.349. The van der Waals surface area contributed by atoms with Gasteiger partial charge in [-0.15, -0.1) is 0 Å². The lowest BCUT2D eigenvalue weighted by Crippen LogP contribution is -2.52. The summed E-state index contributed by atoms with van der Waals surface area (Å²) in [5.41, 5.74) is 6.46. The first-order valence-corrected chi connectivity index (χ1v) is 15.4. The monoisotopic (exact) mass is 513 g/mol. The van der Waals surface area contributed by atoms with Crippen molar-refractivity contribution in [3.8, 4) is 0 Å². The molecular formula is C30H64N4O2. The largest absolute Gasteiger partial charge is 0.395 e. The predicted octanol–water partition coefficient (Wildman–Crippen LogP) is 4.76. The number of nitrogens with one attached hydrogen (secondary N) is 2. The fourth-order valence-electron chi connectivity index (χ4n) is 5.93. The van der Waals surface area contributed by atoms with Crippen molar-refractivity contribution in [1.82, 2.24) is 15.5 Å². The molecule has 0 radical (unpaired) electrons. The van der Waals surface area contributed by atoms with Crippen LogP contribution in [0.1, 0.15) is 100 Å². The molecule has 0 amide bonds. The Morgan fingerprint density at radius 1 is 1.03 bits per heavy atom. The molecule has 0 aromatic heterocycles. The van der Waals surface area contributed by atoms with Crippen LogP contribution in [-0.2, 0) is 0 Å². The lowest BCUT2D eigenvalue weighted by molar-refractivity contribution is 0.0444. The molecule has 6 unspecified atom stereocenters. The van der Waals surface area contributed by atoms with Gasteiger partial charge in [0, 0.05) is 32.2 Å². The van der Waals surface area contributed by atoms with Crippen LogP contribution in [0.5, 0.6) is 0 Å². The number of nitrogens with two attached hydrogens (primary N) is 1. The predicted molar refractivity (Wildman–Crippen MR) is 157 cm³/mol. The van der Waals surface area contributed by atoms with Gasteiger partial charge in [-0.1, -0.05) is 86.3 Å². The Morgan fingerprint density at radius 3 is 2.22 bits per heavy atom. The molecule has 4 rings (SSSR count). The van der Waals surface area contributed by atoms with Gasteiger partial charge < -0.3 is 21.3 Å². The topological polar surface area (TPSA) is 93.8 Å². The third-order valence-electron chi connectivity index (χ3n) is 7.28. The molecule has 3 heterocycles. The zero-order valence-corrected chi connectivity index (χ0v) is 25.2. The van der Waals surface area contributed by atoms with E-state index < -0.39 is 0 Å². The average molecular weight is 513 g/mol. The second-order valence-electron chi connectivity index (χ2n) is 10.4. The number of hydrogen-bond acceptors (Lipinski definition) is 6. The molecular weight excluding hydrogens is 448 g/mol. The lowest BCUT2D eigenvalue weighted by Gasteiger charge is -2.40. The molecule has 6 nitrogen and oxygen atoms in total. The Labute approximate surface area is 224 Å². The number of nitrogens with zero attached hydrogens (tertiary/aromatic N) is 1. The molecule has 2 saturated heterocycles. The first-order valence-electron chi connectivity index (χ1n) is 15.4. The van der Waals surface area contributed by atoms with Gasteiger partial charge >= 0.3 is 0 Å². The van der Waals surface area contributed by atoms with Gasteiger partial charge in [0.25, 0.3) is 0 Å². The second kappa shape index (κ2) is 21.4. The lowest BCUT2D eigenvalue weighted by atomic mass is 9.78. The molecule has 3 aliphatic heterocycles. The summed E-state index contributed by atoms with van der Waals surface area (Å²) in [6.45, 7) is 21.8. The smallest absolute Gasteiger partial charge is 0.0610 e. The van der Waals surface area contributed by atoms with Crippen molar-refractivity contribution in [3.05, 3.63) is 11.6 Å². The molecule has 216 valence electrons. The number of rotatable bonds is 4. The highest BCUT2D eigenvalue weighted by molar-refractivity contribution is 5.19. The summed E-state index contributed by atoms with van der Waals surface area (Å²) in [5, 5.41) is 27.1. The summed E-state index contributed by atoms with van der Waals surface area (Å²) in [7, 11) is 0. The van der Waals surface area contributed by atoms with Crippen molar-refractivity contribution in [2.24, 2.45) is 29.4 Å². The van der Waals surface area contributed by atoms with Gasteiger partial charge in [0.1, 0.15) is 0 Å². The summed E-state index contributed by atoms with van der Waals surface area (Å²) < 4.78 is 0. The van der Waals surface area contributed by atoms with E-state index >= 15 is 0 Å². The van der Waals surface area contributed by atoms with Crippen molar-refractivity contribution in [3.63, 3.8) is 0 Å². The van der Waals surface area contributed by atoms with Crippen LogP contribution in [-0.4, -0.2) is 72.8 Å². The Bertz CT molecular complexity index is 543. The van der Waals surface area contributed by atoms with Crippen LogP contribution >= 0.6 is 0 Å². The Balaban J connectivity index is 0.00000108. The van der Waals surface area contributed by atoms with Gasteiger partial charge in [-0.25, -0.2) is 0 Å². The molecule has 0 aromatic rings. The minimum atomic E-state index is -0.0936. The minimum absolute atomic E-state index is 0.0936. The average Bonchev–Trinajstić information content (AvgIpc) is 3.32. The van der Waals surface area contributed by atoms with Crippen molar-refractivity contribution in [2.75, 3.05) is 39.3 Å². The summed E-state index contributed by atoms with van der Waals surface area (Å²) in [5.74, 6) is 2.33. The van der Waals surface area contributed by atoms with E-state index in [1.165, 1.54) is 32.1 Å². The van der Waals surface area contributed by atoms with Crippen LogP contribution in [0.15, 0.2) is 11.6 Å². The molecule has 0 aromatic carbocycles. The number of aliphatic hydroxyl groups excluding tert-OH is 2. The van der Waals surface area contributed by atoms with Crippen LogP contribution in [0, 0.1) is 23.7 Å². The molecule has 36 heavy (non-hydrogen) atoms. The van der Waals surface area contributed by atoms with Crippen molar-refractivity contribution >= 4 is 0 Å². The van der Waals surface area contributed by atoms with Crippen molar-refractivity contribution in [1.29, 1.82) is 0 Å². The SMILES string of the molecule is CC.CC.CCC.CCN.C[C@@H]1C=C(C2CNC3NC(CO)CCC32)CN(CC2CCCCC2O)C1. The van der Waals surface area contributed by atoms with E-state index in [1.54, 1.807) is 5.57 Å². The van der Waals surface area contributed by atoms with Gasteiger partial charge in [0.2, 0.25) is 0 Å². The molecule has 1 saturated carbocycles. The van der Waals surface area contributed by atoms with Crippen molar-refractivity contribution in [2.45, 2.75) is 119 Å². The van der Waals surface area contributed by atoms with Crippen LogP contribution < -0.4 is 16.4 Å². The summed E-state index contributed by atoms with van der Waals surface area (Å²) in [4.78, 5) is 2.61. The second-order valence-corrected chi connectivity index (χ2v) is 10.4. The zero-order valence-electron chi connectivity index (χ0n) is 25.2. The van der Waals surface area contributed by atoms with Gasteiger partial charge in [-0.3, -0.25) is 10.2 Å². The Morgan fingerprint density at radius 2 is 1.64 bits per heavy atom.